The lowest BCUT2D eigenvalue weighted by molar-refractivity contribution is 0.248. The van der Waals surface area contributed by atoms with Gasteiger partial charge in [0.25, 0.3) is 0 Å². The van der Waals surface area contributed by atoms with Crippen molar-refractivity contribution in [1.29, 1.82) is 0 Å². The van der Waals surface area contributed by atoms with Gasteiger partial charge in [0.05, 0.1) is 12.0 Å². The molecule has 1 fully saturated rings. The highest BCUT2D eigenvalue weighted by atomic mass is 32.1. The predicted octanol–water partition coefficient (Wildman–Crippen LogP) is 2.07. The Morgan fingerprint density at radius 3 is 2.71 bits per heavy atom. The van der Waals surface area contributed by atoms with E-state index in [4.69, 9.17) is 10.2 Å². The van der Waals surface area contributed by atoms with Crippen LogP contribution >= 0.6 is 11.3 Å². The highest BCUT2D eigenvalue weighted by Crippen LogP contribution is 2.26. The van der Waals surface area contributed by atoms with Crippen molar-refractivity contribution in [3.8, 4) is 11.6 Å². The molecule has 0 atom stereocenters. The van der Waals surface area contributed by atoms with Crippen LogP contribution in [-0.2, 0) is 13.0 Å². The van der Waals surface area contributed by atoms with Crippen LogP contribution in [0.2, 0.25) is 0 Å². The minimum atomic E-state index is -0.179. The average Bonchev–Trinajstić information content (AvgIpc) is 3.66. The van der Waals surface area contributed by atoms with E-state index in [9.17, 15) is 9.18 Å². The summed E-state index contributed by atoms with van der Waals surface area (Å²) in [4.78, 5) is 26.2. The lowest BCUT2D eigenvalue weighted by atomic mass is 10.1. The zero-order valence-electron chi connectivity index (χ0n) is 20.9. The first kappa shape index (κ1) is 24.5. The number of likely N-dealkylation sites (N-methyl/N-ethyl adjacent to an activating group) is 1. The van der Waals surface area contributed by atoms with Gasteiger partial charge in [-0.05, 0) is 49.8 Å². The summed E-state index contributed by atoms with van der Waals surface area (Å²) in [5.41, 5.74) is 8.79. The number of fused-ring (bicyclic) bond motifs is 3. The van der Waals surface area contributed by atoms with Crippen molar-refractivity contribution in [2.24, 2.45) is 0 Å². The maximum absolute atomic E-state index is 14.8. The number of nitrogens with one attached hydrogen (secondary N) is 1. The smallest absolute Gasteiger partial charge is 0.309 e. The molecule has 0 saturated carbocycles. The standard InChI is InChI=1S/C25H28FN9O2S/c1-28-7-6-16-4-5-18(17(26)15-16)33-11-8-32(9-12-33)10-13-34-22-20(38-25(34)36)23-29-21(19-3-2-14-37-19)31-35(23)24(27)30-22/h2-5,14-15,28H,6-13H2,1H3,(H2,27,30). The van der Waals surface area contributed by atoms with Gasteiger partial charge in [-0.15, -0.1) is 5.10 Å². The summed E-state index contributed by atoms with van der Waals surface area (Å²) < 4.78 is 23.9. The van der Waals surface area contributed by atoms with E-state index in [0.717, 1.165) is 43.0 Å². The van der Waals surface area contributed by atoms with E-state index in [-0.39, 0.29) is 16.6 Å². The minimum Gasteiger partial charge on any atom is -0.461 e. The van der Waals surface area contributed by atoms with E-state index in [0.29, 0.717) is 59.4 Å². The number of halogens is 1. The first-order valence-corrected chi connectivity index (χ1v) is 13.3. The molecule has 198 valence electrons. The number of hydrogen-bond acceptors (Lipinski definition) is 10. The Bertz CT molecular complexity index is 1630. The molecule has 5 heterocycles. The predicted molar refractivity (Wildman–Crippen MR) is 145 cm³/mol. The summed E-state index contributed by atoms with van der Waals surface area (Å²) in [7, 11) is 1.89. The highest BCUT2D eigenvalue weighted by Gasteiger charge is 2.22. The molecule has 0 spiro atoms. The maximum Gasteiger partial charge on any atom is 0.309 e. The van der Waals surface area contributed by atoms with Crippen LogP contribution in [0.4, 0.5) is 16.0 Å². The van der Waals surface area contributed by atoms with Crippen molar-refractivity contribution < 1.29 is 8.81 Å². The van der Waals surface area contributed by atoms with Gasteiger partial charge < -0.3 is 20.4 Å². The summed E-state index contributed by atoms with van der Waals surface area (Å²) in [6, 6.07) is 9.03. The Labute approximate surface area is 221 Å². The Morgan fingerprint density at radius 2 is 1.97 bits per heavy atom. The molecule has 0 amide bonds. The van der Waals surface area contributed by atoms with Crippen molar-refractivity contribution in [3.05, 3.63) is 57.6 Å². The van der Waals surface area contributed by atoms with E-state index in [1.54, 1.807) is 29.0 Å². The topological polar surface area (TPSA) is 123 Å². The van der Waals surface area contributed by atoms with E-state index in [1.807, 2.05) is 19.2 Å². The number of nitrogen functional groups attached to an aromatic ring is 1. The number of thiazole rings is 1. The van der Waals surface area contributed by atoms with Gasteiger partial charge in [-0.3, -0.25) is 14.3 Å². The second-order valence-corrected chi connectivity index (χ2v) is 10.2. The Morgan fingerprint density at radius 1 is 1.13 bits per heavy atom. The normalized spacial score (nSPS) is 14.7. The number of furan rings is 1. The van der Waals surface area contributed by atoms with Gasteiger partial charge in [0, 0.05) is 39.3 Å². The molecule has 38 heavy (non-hydrogen) atoms. The van der Waals surface area contributed by atoms with Crippen LogP contribution < -0.4 is 20.8 Å². The van der Waals surface area contributed by atoms with Crippen LogP contribution in [0.3, 0.4) is 0 Å². The van der Waals surface area contributed by atoms with Gasteiger partial charge >= 0.3 is 4.87 Å². The van der Waals surface area contributed by atoms with Crippen LogP contribution in [0.15, 0.2) is 45.8 Å². The third-order valence-electron chi connectivity index (χ3n) is 6.89. The van der Waals surface area contributed by atoms with Crippen LogP contribution in [-0.4, -0.2) is 75.4 Å². The molecule has 0 radical (unpaired) electrons. The van der Waals surface area contributed by atoms with Crippen molar-refractivity contribution >= 4 is 39.0 Å². The molecule has 5 aromatic rings. The monoisotopic (exact) mass is 537 g/mol. The first-order chi connectivity index (χ1) is 18.5. The van der Waals surface area contributed by atoms with E-state index >= 15 is 0 Å². The largest absolute Gasteiger partial charge is 0.461 e. The molecule has 3 N–H and O–H groups in total. The number of anilines is 2. The molecular formula is C25H28FN9O2S. The van der Waals surface area contributed by atoms with Crippen molar-refractivity contribution in [1.82, 2.24) is 34.4 Å². The molecular weight excluding hydrogens is 509 g/mol. The van der Waals surface area contributed by atoms with Gasteiger partial charge in [-0.2, -0.15) is 9.50 Å². The average molecular weight is 538 g/mol. The molecule has 1 aromatic carbocycles. The van der Waals surface area contributed by atoms with Crippen LogP contribution in [0, 0.1) is 5.82 Å². The molecule has 1 aliphatic rings. The fraction of sp³-hybridized carbons (Fsp3) is 0.360. The number of nitrogens with two attached hydrogens (primary N) is 1. The second kappa shape index (κ2) is 10.2. The number of nitrogens with zero attached hydrogens (tertiary/aromatic N) is 7. The fourth-order valence-electron chi connectivity index (χ4n) is 4.82. The Hall–Kier alpha value is -3.81. The number of aromatic nitrogens is 5. The molecule has 0 unspecified atom stereocenters. The van der Waals surface area contributed by atoms with Gasteiger partial charge in [-0.25, -0.2) is 9.37 Å². The SMILES string of the molecule is CNCCc1ccc(N2CCN(CCn3c(=O)sc4c3nc(N)n3nc(-c5ccco5)nc43)CC2)c(F)c1. The van der Waals surface area contributed by atoms with Crippen molar-refractivity contribution in [2.75, 3.05) is 56.9 Å². The zero-order valence-corrected chi connectivity index (χ0v) is 21.7. The summed E-state index contributed by atoms with van der Waals surface area (Å²) >= 11 is 1.08. The number of piperazine rings is 1. The molecule has 1 aliphatic heterocycles. The third kappa shape index (κ3) is 4.52. The van der Waals surface area contributed by atoms with Gasteiger partial charge in [-0.1, -0.05) is 17.4 Å². The quantitative estimate of drug-likeness (QED) is 0.306. The molecule has 0 bridgehead atoms. The van der Waals surface area contributed by atoms with Crippen LogP contribution in [0.5, 0.6) is 0 Å². The first-order valence-electron chi connectivity index (χ1n) is 12.5. The van der Waals surface area contributed by atoms with E-state index in [1.165, 1.54) is 4.52 Å². The number of rotatable bonds is 8. The molecule has 4 aromatic heterocycles. The third-order valence-corrected chi connectivity index (χ3v) is 7.85. The molecule has 11 nitrogen and oxygen atoms in total. The number of hydrogen-bond donors (Lipinski definition) is 2. The summed E-state index contributed by atoms with van der Waals surface area (Å²) in [6.45, 7) is 4.93. The molecule has 1 saturated heterocycles. The van der Waals surface area contributed by atoms with E-state index in [2.05, 4.69) is 30.2 Å². The molecule has 13 heteroatoms. The zero-order chi connectivity index (χ0) is 26.2. The molecule has 6 rings (SSSR count). The summed E-state index contributed by atoms with van der Waals surface area (Å²) in [6.07, 6.45) is 2.35. The summed E-state index contributed by atoms with van der Waals surface area (Å²) in [5.74, 6) is 0.862. The molecule has 0 aliphatic carbocycles. The lowest BCUT2D eigenvalue weighted by Gasteiger charge is -2.36. The van der Waals surface area contributed by atoms with Crippen LogP contribution in [0.25, 0.3) is 27.6 Å². The van der Waals surface area contributed by atoms with Crippen molar-refractivity contribution in [3.63, 3.8) is 0 Å². The Balaban J connectivity index is 1.15. The van der Waals surface area contributed by atoms with Gasteiger partial charge in [0.2, 0.25) is 11.8 Å². The highest BCUT2D eigenvalue weighted by molar-refractivity contribution is 7.17. The fourth-order valence-corrected chi connectivity index (χ4v) is 5.75. The Kier molecular flexibility index (Phi) is 6.55. The van der Waals surface area contributed by atoms with Crippen molar-refractivity contribution in [2.45, 2.75) is 13.0 Å². The van der Waals surface area contributed by atoms with Gasteiger partial charge in [0.1, 0.15) is 10.5 Å². The number of benzene rings is 1. The second-order valence-electron chi connectivity index (χ2n) is 9.26. The maximum atomic E-state index is 14.8. The minimum absolute atomic E-state index is 0.124. The van der Waals surface area contributed by atoms with E-state index < -0.39 is 0 Å². The van der Waals surface area contributed by atoms with Gasteiger partial charge in [0.15, 0.2) is 17.1 Å². The lowest BCUT2D eigenvalue weighted by Crippen LogP contribution is -2.47. The van der Waals surface area contributed by atoms with Crippen LogP contribution in [0.1, 0.15) is 5.56 Å². The summed E-state index contributed by atoms with van der Waals surface area (Å²) in [5, 5.41) is 7.49.